The van der Waals surface area contributed by atoms with Crippen molar-refractivity contribution in [1.29, 1.82) is 0 Å². The van der Waals surface area contributed by atoms with E-state index in [0.717, 1.165) is 31.9 Å². The first-order valence-electron chi connectivity index (χ1n) is 6.43. The molecule has 2 heterocycles. The second-order valence-electron chi connectivity index (χ2n) is 4.81. The average Bonchev–Trinajstić information content (AvgIpc) is 2.56. The molecule has 0 aromatic rings. The van der Waals surface area contributed by atoms with Crippen molar-refractivity contribution >= 4 is 17.8 Å². The van der Waals surface area contributed by atoms with Gasteiger partial charge >= 0.3 is 6.03 Å². The predicted octanol–water partition coefficient (Wildman–Crippen LogP) is 2.42. The van der Waals surface area contributed by atoms with Crippen LogP contribution in [0.15, 0.2) is 0 Å². The van der Waals surface area contributed by atoms with Gasteiger partial charge in [-0.3, -0.25) is 0 Å². The van der Waals surface area contributed by atoms with Gasteiger partial charge in [-0.15, -0.1) is 0 Å². The van der Waals surface area contributed by atoms with Gasteiger partial charge in [-0.05, 0) is 12.8 Å². The number of rotatable bonds is 0. The Balaban J connectivity index is 1.89. The lowest BCUT2D eigenvalue weighted by molar-refractivity contribution is 0.156. The molecule has 2 rings (SSSR count). The highest BCUT2D eigenvalue weighted by Gasteiger charge is 2.25. The summed E-state index contributed by atoms with van der Waals surface area (Å²) in [5, 5.41) is 0.602. The number of nitrogens with zero attached hydrogens (tertiary/aromatic N) is 2. The van der Waals surface area contributed by atoms with Crippen molar-refractivity contribution < 1.29 is 4.79 Å². The molecule has 16 heavy (non-hydrogen) atoms. The lowest BCUT2D eigenvalue weighted by Gasteiger charge is -2.34. The van der Waals surface area contributed by atoms with Crippen molar-refractivity contribution in [2.75, 3.05) is 31.9 Å². The molecule has 0 aromatic heterocycles. The van der Waals surface area contributed by atoms with Crippen molar-refractivity contribution in [2.45, 2.75) is 37.9 Å². The van der Waals surface area contributed by atoms with Crippen LogP contribution in [0.3, 0.4) is 0 Å². The number of carbonyl (C=O) groups is 1. The fourth-order valence-corrected chi connectivity index (χ4v) is 3.47. The highest BCUT2D eigenvalue weighted by atomic mass is 32.2. The summed E-state index contributed by atoms with van der Waals surface area (Å²) >= 11 is 1.98. The van der Waals surface area contributed by atoms with Crippen molar-refractivity contribution in [2.24, 2.45) is 0 Å². The molecule has 0 saturated carbocycles. The van der Waals surface area contributed by atoms with E-state index >= 15 is 0 Å². The molecule has 0 N–H and O–H groups in total. The maximum Gasteiger partial charge on any atom is 0.320 e. The van der Waals surface area contributed by atoms with Crippen LogP contribution in [0.25, 0.3) is 0 Å². The van der Waals surface area contributed by atoms with Gasteiger partial charge in [-0.1, -0.05) is 19.8 Å². The Labute approximate surface area is 103 Å². The Hall–Kier alpha value is -0.380. The van der Waals surface area contributed by atoms with Crippen molar-refractivity contribution in [3.8, 4) is 0 Å². The zero-order chi connectivity index (χ0) is 11.4. The molecule has 92 valence electrons. The van der Waals surface area contributed by atoms with Gasteiger partial charge < -0.3 is 9.80 Å². The first kappa shape index (κ1) is 12.1. The van der Waals surface area contributed by atoms with Crippen LogP contribution < -0.4 is 0 Å². The minimum atomic E-state index is 0.286. The quantitative estimate of drug-likeness (QED) is 0.651. The van der Waals surface area contributed by atoms with E-state index in [1.165, 1.54) is 25.7 Å². The van der Waals surface area contributed by atoms with Gasteiger partial charge in [0.15, 0.2) is 0 Å². The van der Waals surface area contributed by atoms with Crippen LogP contribution in [0, 0.1) is 0 Å². The van der Waals surface area contributed by atoms with E-state index in [9.17, 15) is 4.79 Å². The third kappa shape index (κ3) is 3.06. The van der Waals surface area contributed by atoms with Gasteiger partial charge in [0.05, 0.1) is 0 Å². The summed E-state index contributed by atoms with van der Waals surface area (Å²) < 4.78 is 0. The van der Waals surface area contributed by atoms with Gasteiger partial charge in [0.2, 0.25) is 0 Å². The standard InChI is InChI=1S/C12H22N2OS/c1-11-10-14(8-9-16-11)12(15)13-6-4-2-3-5-7-13/h11H,2-10H2,1H3. The predicted molar refractivity (Wildman–Crippen MR) is 68.9 cm³/mol. The zero-order valence-corrected chi connectivity index (χ0v) is 11.0. The summed E-state index contributed by atoms with van der Waals surface area (Å²) in [6, 6.07) is 0.286. The normalized spacial score (nSPS) is 27.7. The minimum absolute atomic E-state index is 0.286. The molecular weight excluding hydrogens is 220 g/mol. The molecule has 0 bridgehead atoms. The Morgan fingerprint density at radius 2 is 1.75 bits per heavy atom. The van der Waals surface area contributed by atoms with Gasteiger partial charge in [0.25, 0.3) is 0 Å². The van der Waals surface area contributed by atoms with Crippen LogP contribution in [0.1, 0.15) is 32.6 Å². The van der Waals surface area contributed by atoms with Crippen molar-refractivity contribution in [3.05, 3.63) is 0 Å². The third-order valence-electron chi connectivity index (χ3n) is 3.39. The third-order valence-corrected chi connectivity index (χ3v) is 4.52. The summed E-state index contributed by atoms with van der Waals surface area (Å²) in [7, 11) is 0. The highest BCUT2D eigenvalue weighted by Crippen LogP contribution is 2.20. The minimum Gasteiger partial charge on any atom is -0.325 e. The fourth-order valence-electron chi connectivity index (χ4n) is 2.45. The number of hydrogen-bond acceptors (Lipinski definition) is 2. The summed E-state index contributed by atoms with van der Waals surface area (Å²) in [4.78, 5) is 16.4. The molecule has 2 saturated heterocycles. The van der Waals surface area contributed by atoms with E-state index < -0.39 is 0 Å². The lowest BCUT2D eigenvalue weighted by Crippen LogP contribution is -2.48. The molecule has 2 aliphatic rings. The number of amides is 2. The molecule has 0 aromatic carbocycles. The SMILES string of the molecule is CC1CN(C(=O)N2CCCCCC2)CCS1. The van der Waals surface area contributed by atoms with Gasteiger partial charge in [-0.2, -0.15) is 11.8 Å². The topological polar surface area (TPSA) is 23.6 Å². The van der Waals surface area contributed by atoms with Gasteiger partial charge in [-0.25, -0.2) is 4.79 Å². The monoisotopic (exact) mass is 242 g/mol. The number of hydrogen-bond donors (Lipinski definition) is 0. The zero-order valence-electron chi connectivity index (χ0n) is 10.2. The molecule has 0 radical (unpaired) electrons. The number of likely N-dealkylation sites (tertiary alicyclic amines) is 1. The summed E-state index contributed by atoms with van der Waals surface area (Å²) in [6.45, 7) is 6.02. The molecule has 1 unspecified atom stereocenters. The van der Waals surface area contributed by atoms with E-state index in [1.54, 1.807) is 0 Å². The van der Waals surface area contributed by atoms with E-state index in [2.05, 4.69) is 11.8 Å². The Bertz CT molecular complexity index is 235. The Morgan fingerprint density at radius 1 is 1.06 bits per heavy atom. The molecule has 0 spiro atoms. The summed E-state index contributed by atoms with van der Waals surface area (Å²) in [5.41, 5.74) is 0. The lowest BCUT2D eigenvalue weighted by atomic mass is 10.2. The van der Waals surface area contributed by atoms with Crippen molar-refractivity contribution in [3.63, 3.8) is 0 Å². The van der Waals surface area contributed by atoms with Gasteiger partial charge in [0.1, 0.15) is 0 Å². The number of thioether (sulfide) groups is 1. The molecule has 0 aliphatic carbocycles. The Morgan fingerprint density at radius 3 is 2.38 bits per heavy atom. The fraction of sp³-hybridized carbons (Fsp3) is 0.917. The summed E-state index contributed by atoms with van der Waals surface area (Å²) in [6.07, 6.45) is 4.94. The molecule has 3 nitrogen and oxygen atoms in total. The van der Waals surface area contributed by atoms with E-state index in [-0.39, 0.29) is 6.03 Å². The Kier molecular flexibility index (Phi) is 4.38. The number of carbonyl (C=O) groups excluding carboxylic acids is 1. The smallest absolute Gasteiger partial charge is 0.320 e. The first-order valence-corrected chi connectivity index (χ1v) is 7.47. The average molecular weight is 242 g/mol. The second kappa shape index (κ2) is 5.80. The molecule has 2 amide bonds. The molecule has 4 heteroatoms. The molecule has 2 fully saturated rings. The maximum atomic E-state index is 12.3. The van der Waals surface area contributed by atoms with Crippen molar-refractivity contribution in [1.82, 2.24) is 9.80 Å². The second-order valence-corrected chi connectivity index (χ2v) is 6.36. The summed E-state index contributed by atoms with van der Waals surface area (Å²) in [5.74, 6) is 1.10. The van der Waals surface area contributed by atoms with E-state index in [0.29, 0.717) is 5.25 Å². The van der Waals surface area contributed by atoms with E-state index in [1.807, 2.05) is 16.7 Å². The van der Waals surface area contributed by atoms with Crippen LogP contribution in [0.4, 0.5) is 4.79 Å². The van der Waals surface area contributed by atoms with Crippen LogP contribution in [0.2, 0.25) is 0 Å². The highest BCUT2D eigenvalue weighted by molar-refractivity contribution is 7.99. The molecular formula is C12H22N2OS. The van der Waals surface area contributed by atoms with E-state index in [4.69, 9.17) is 0 Å². The molecule has 1 atom stereocenters. The largest absolute Gasteiger partial charge is 0.325 e. The van der Waals surface area contributed by atoms with Crippen LogP contribution in [0.5, 0.6) is 0 Å². The molecule has 2 aliphatic heterocycles. The number of urea groups is 1. The van der Waals surface area contributed by atoms with Crippen LogP contribution >= 0.6 is 11.8 Å². The van der Waals surface area contributed by atoms with Gasteiger partial charge in [0, 0.05) is 37.2 Å². The van der Waals surface area contributed by atoms with Crippen LogP contribution in [-0.4, -0.2) is 53.0 Å². The first-order chi connectivity index (χ1) is 7.77. The maximum absolute atomic E-state index is 12.3. The van der Waals surface area contributed by atoms with Crippen LogP contribution in [-0.2, 0) is 0 Å².